The van der Waals surface area contributed by atoms with Crippen molar-refractivity contribution >= 4 is 29.2 Å². The first-order chi connectivity index (χ1) is 11.0. The molecule has 0 aliphatic rings. The van der Waals surface area contributed by atoms with E-state index in [0.717, 1.165) is 6.07 Å². The molecule has 0 radical (unpaired) electrons. The molecule has 1 N–H and O–H groups in total. The average Bonchev–Trinajstić information content (AvgIpc) is 2.56. The van der Waals surface area contributed by atoms with Crippen LogP contribution >= 0.6 is 11.6 Å². The van der Waals surface area contributed by atoms with Gasteiger partial charge in [0.2, 0.25) is 0 Å². The van der Waals surface area contributed by atoms with Crippen molar-refractivity contribution in [3.05, 3.63) is 58.9 Å². The van der Waals surface area contributed by atoms with Crippen LogP contribution in [0.25, 0.3) is 0 Å². The maximum Gasteiger partial charge on any atom is 0.338 e. The van der Waals surface area contributed by atoms with Crippen molar-refractivity contribution < 1.29 is 23.5 Å². The number of carbonyl (C=O) groups is 2. The van der Waals surface area contributed by atoms with E-state index in [1.54, 1.807) is 12.1 Å². The Morgan fingerprint density at radius 2 is 1.87 bits per heavy atom. The van der Waals surface area contributed by atoms with E-state index in [2.05, 4.69) is 5.32 Å². The lowest BCUT2D eigenvalue weighted by molar-refractivity contribution is -0.119. The highest BCUT2D eigenvalue weighted by Gasteiger charge is 2.11. The molecule has 7 heteroatoms. The maximum atomic E-state index is 13.0. The molecule has 2 rings (SSSR count). The summed E-state index contributed by atoms with van der Waals surface area (Å²) in [5.41, 5.74) is 0.602. The van der Waals surface area contributed by atoms with Crippen LogP contribution in [0.3, 0.4) is 0 Å². The molecule has 0 heterocycles. The number of esters is 1. The highest BCUT2D eigenvalue weighted by atomic mass is 35.5. The first-order valence-electron chi connectivity index (χ1n) is 6.55. The second-order valence-electron chi connectivity index (χ2n) is 4.48. The minimum Gasteiger partial charge on any atom is -0.497 e. The van der Waals surface area contributed by atoms with Crippen LogP contribution in [-0.4, -0.2) is 25.6 Å². The van der Waals surface area contributed by atoms with Crippen molar-refractivity contribution in [3.8, 4) is 5.75 Å². The van der Waals surface area contributed by atoms with Gasteiger partial charge in [-0.05, 0) is 42.5 Å². The molecule has 0 fully saturated rings. The first kappa shape index (κ1) is 16.8. The normalized spacial score (nSPS) is 10.0. The molecule has 0 saturated carbocycles. The Morgan fingerprint density at radius 3 is 2.48 bits per heavy atom. The van der Waals surface area contributed by atoms with Gasteiger partial charge in [-0.3, -0.25) is 4.79 Å². The van der Waals surface area contributed by atoms with Gasteiger partial charge in [0.15, 0.2) is 6.61 Å². The number of carbonyl (C=O) groups excluding carboxylic acids is 2. The molecule has 0 spiro atoms. The third kappa shape index (κ3) is 4.69. The Morgan fingerprint density at radius 1 is 1.17 bits per heavy atom. The number of anilines is 1. The van der Waals surface area contributed by atoms with Crippen molar-refractivity contribution in [2.24, 2.45) is 0 Å². The molecule has 0 aliphatic heterocycles. The minimum absolute atomic E-state index is 0.113. The predicted molar refractivity (Wildman–Crippen MR) is 83.3 cm³/mol. The molecule has 2 aromatic carbocycles. The first-order valence-corrected chi connectivity index (χ1v) is 6.93. The van der Waals surface area contributed by atoms with E-state index in [9.17, 15) is 14.0 Å². The van der Waals surface area contributed by atoms with E-state index in [4.69, 9.17) is 21.1 Å². The molecule has 0 unspecified atom stereocenters. The van der Waals surface area contributed by atoms with E-state index in [0.29, 0.717) is 17.0 Å². The fraction of sp³-hybridized carbons (Fsp3) is 0.125. The Bertz CT molecular complexity index is 719. The second kappa shape index (κ2) is 7.60. The minimum atomic E-state index is -0.639. The van der Waals surface area contributed by atoms with Gasteiger partial charge in [0.05, 0.1) is 17.7 Å². The van der Waals surface area contributed by atoms with Crippen LogP contribution in [0.5, 0.6) is 5.75 Å². The lowest BCUT2D eigenvalue weighted by Gasteiger charge is -2.07. The third-order valence-electron chi connectivity index (χ3n) is 2.86. The molecule has 0 atom stereocenters. The molecule has 0 aliphatic carbocycles. The maximum absolute atomic E-state index is 13.0. The van der Waals surface area contributed by atoms with Gasteiger partial charge in [-0.1, -0.05) is 11.6 Å². The van der Waals surface area contributed by atoms with Gasteiger partial charge in [0.25, 0.3) is 5.91 Å². The summed E-state index contributed by atoms with van der Waals surface area (Å²) in [5.74, 6) is -1.18. The van der Waals surface area contributed by atoms with Crippen molar-refractivity contribution in [1.29, 1.82) is 0 Å². The quantitative estimate of drug-likeness (QED) is 0.850. The summed E-state index contributed by atoms with van der Waals surface area (Å²) in [7, 11) is 1.51. The van der Waals surface area contributed by atoms with E-state index in [1.165, 1.54) is 31.4 Å². The van der Waals surface area contributed by atoms with E-state index in [1.807, 2.05) is 0 Å². The summed E-state index contributed by atoms with van der Waals surface area (Å²) in [6, 6.07) is 10.0. The highest BCUT2D eigenvalue weighted by Crippen LogP contribution is 2.19. The van der Waals surface area contributed by atoms with Crippen molar-refractivity contribution in [3.63, 3.8) is 0 Å². The van der Waals surface area contributed by atoms with Gasteiger partial charge in [0, 0.05) is 5.69 Å². The van der Waals surface area contributed by atoms with Gasteiger partial charge >= 0.3 is 5.97 Å². The molecule has 23 heavy (non-hydrogen) atoms. The number of rotatable bonds is 5. The SMILES string of the molecule is COc1ccc(C(=O)OCC(=O)Nc2ccc(F)c(Cl)c2)cc1. The van der Waals surface area contributed by atoms with Gasteiger partial charge in [-0.2, -0.15) is 0 Å². The number of benzene rings is 2. The topological polar surface area (TPSA) is 64.6 Å². The van der Waals surface area contributed by atoms with E-state index >= 15 is 0 Å². The zero-order chi connectivity index (χ0) is 16.8. The summed E-state index contributed by atoms with van der Waals surface area (Å²) >= 11 is 5.61. The third-order valence-corrected chi connectivity index (χ3v) is 3.15. The number of amides is 1. The molecule has 120 valence electrons. The van der Waals surface area contributed by atoms with Gasteiger partial charge < -0.3 is 14.8 Å². The van der Waals surface area contributed by atoms with E-state index in [-0.39, 0.29) is 5.02 Å². The van der Waals surface area contributed by atoms with Gasteiger partial charge in [0.1, 0.15) is 11.6 Å². The highest BCUT2D eigenvalue weighted by molar-refractivity contribution is 6.31. The second-order valence-corrected chi connectivity index (χ2v) is 4.89. The Balaban J connectivity index is 1.87. The van der Waals surface area contributed by atoms with Crippen LogP contribution in [0, 0.1) is 5.82 Å². The van der Waals surface area contributed by atoms with Crippen LogP contribution < -0.4 is 10.1 Å². The Labute approximate surface area is 137 Å². The molecular weight excluding hydrogens is 325 g/mol. The smallest absolute Gasteiger partial charge is 0.338 e. The Kier molecular flexibility index (Phi) is 5.54. The molecule has 0 saturated heterocycles. The zero-order valence-corrected chi connectivity index (χ0v) is 12.9. The lowest BCUT2D eigenvalue weighted by Crippen LogP contribution is -2.20. The molecule has 1 amide bonds. The molecular formula is C16H13ClFNO4. The van der Waals surface area contributed by atoms with Crippen LogP contribution in [0.2, 0.25) is 5.02 Å². The van der Waals surface area contributed by atoms with Gasteiger partial charge in [-0.15, -0.1) is 0 Å². The molecule has 0 bridgehead atoms. The van der Waals surface area contributed by atoms with Crippen LogP contribution in [-0.2, 0) is 9.53 Å². The van der Waals surface area contributed by atoms with Crippen LogP contribution in [0.4, 0.5) is 10.1 Å². The number of nitrogens with one attached hydrogen (secondary N) is 1. The average molecular weight is 338 g/mol. The summed E-state index contributed by atoms with van der Waals surface area (Å²) < 4.78 is 22.9. The lowest BCUT2D eigenvalue weighted by atomic mass is 10.2. The van der Waals surface area contributed by atoms with Crippen molar-refractivity contribution in [2.45, 2.75) is 0 Å². The van der Waals surface area contributed by atoms with Crippen LogP contribution in [0.1, 0.15) is 10.4 Å². The summed E-state index contributed by atoms with van der Waals surface area (Å²) in [6.07, 6.45) is 0. The van der Waals surface area contributed by atoms with E-state index < -0.39 is 24.3 Å². The standard InChI is InChI=1S/C16H13ClFNO4/c1-22-12-5-2-10(3-6-12)16(21)23-9-15(20)19-11-4-7-14(18)13(17)8-11/h2-8H,9H2,1H3,(H,19,20). The van der Waals surface area contributed by atoms with Crippen molar-refractivity contribution in [1.82, 2.24) is 0 Å². The number of hydrogen-bond donors (Lipinski definition) is 1. The monoisotopic (exact) mass is 337 g/mol. The number of methoxy groups -OCH3 is 1. The summed E-state index contributed by atoms with van der Waals surface area (Å²) in [6.45, 7) is -0.472. The fourth-order valence-electron chi connectivity index (χ4n) is 1.71. The number of hydrogen-bond acceptors (Lipinski definition) is 4. The zero-order valence-electron chi connectivity index (χ0n) is 12.1. The largest absolute Gasteiger partial charge is 0.497 e. The predicted octanol–water partition coefficient (Wildman–Crippen LogP) is 3.28. The number of halogens is 2. The van der Waals surface area contributed by atoms with Crippen molar-refractivity contribution in [2.75, 3.05) is 19.0 Å². The number of ether oxygens (including phenoxy) is 2. The van der Waals surface area contributed by atoms with Crippen LogP contribution in [0.15, 0.2) is 42.5 Å². The molecule has 2 aromatic rings. The fourth-order valence-corrected chi connectivity index (χ4v) is 1.89. The Hall–Kier alpha value is -2.60. The molecule has 5 nitrogen and oxygen atoms in total. The van der Waals surface area contributed by atoms with Gasteiger partial charge in [-0.25, -0.2) is 9.18 Å². The summed E-state index contributed by atoms with van der Waals surface area (Å²) in [5, 5.41) is 2.33. The molecule has 0 aromatic heterocycles. The summed E-state index contributed by atoms with van der Waals surface area (Å²) in [4.78, 5) is 23.5.